The molecule has 1 unspecified atom stereocenters. The highest BCUT2D eigenvalue weighted by Crippen LogP contribution is 2.28. The molecule has 6 nitrogen and oxygen atoms in total. The minimum atomic E-state index is -0.656. The van der Waals surface area contributed by atoms with Crippen molar-refractivity contribution in [3.8, 4) is 0 Å². The second kappa shape index (κ2) is 6.44. The molecule has 0 aliphatic carbocycles. The van der Waals surface area contributed by atoms with Gasteiger partial charge in [0.05, 0.1) is 17.8 Å². The number of rotatable bonds is 1. The van der Waals surface area contributed by atoms with Gasteiger partial charge in [-0.15, -0.1) is 0 Å². The Morgan fingerprint density at radius 3 is 2.68 bits per heavy atom. The Bertz CT molecular complexity index is 742. The largest absolute Gasteiger partial charge is 0.338 e. The predicted octanol–water partition coefficient (Wildman–Crippen LogP) is 2.49. The smallest absolute Gasteiger partial charge is 0.256 e. The van der Waals surface area contributed by atoms with E-state index in [1.807, 2.05) is 20.8 Å². The van der Waals surface area contributed by atoms with Crippen LogP contribution in [-0.4, -0.2) is 53.2 Å². The van der Waals surface area contributed by atoms with E-state index in [1.165, 1.54) is 0 Å². The van der Waals surface area contributed by atoms with Crippen molar-refractivity contribution in [3.05, 3.63) is 28.2 Å². The number of hydrogen-bond acceptors (Lipinski definition) is 3. The van der Waals surface area contributed by atoms with Gasteiger partial charge in [-0.25, -0.2) is 0 Å². The molecule has 1 N–H and O–H groups in total. The van der Waals surface area contributed by atoms with E-state index in [1.54, 1.807) is 28.0 Å². The van der Waals surface area contributed by atoms with Gasteiger partial charge in [-0.1, -0.05) is 36.7 Å². The van der Waals surface area contributed by atoms with Crippen molar-refractivity contribution in [2.24, 2.45) is 5.41 Å². The number of nitrogens with zero attached hydrogens (tertiary/aromatic N) is 2. The fourth-order valence-corrected chi connectivity index (χ4v) is 3.58. The first-order chi connectivity index (χ1) is 11.7. The minimum absolute atomic E-state index is 0.0249. The third kappa shape index (κ3) is 3.71. The maximum atomic E-state index is 12.9. The molecule has 134 valence electrons. The van der Waals surface area contributed by atoms with Crippen molar-refractivity contribution < 1.29 is 14.4 Å². The highest BCUT2D eigenvalue weighted by molar-refractivity contribution is 9.10. The molecule has 1 aromatic rings. The summed E-state index contributed by atoms with van der Waals surface area (Å²) < 4.78 is 0.784. The van der Waals surface area contributed by atoms with Crippen LogP contribution in [0.3, 0.4) is 0 Å². The van der Waals surface area contributed by atoms with E-state index in [0.717, 1.165) is 4.47 Å². The Labute approximate surface area is 155 Å². The topological polar surface area (TPSA) is 69.7 Å². The average Bonchev–Trinajstić information content (AvgIpc) is 2.62. The first-order valence-corrected chi connectivity index (χ1v) is 9.14. The lowest BCUT2D eigenvalue weighted by Gasteiger charge is -2.40. The van der Waals surface area contributed by atoms with Crippen LogP contribution in [0.15, 0.2) is 22.7 Å². The fourth-order valence-electron chi connectivity index (χ4n) is 3.22. The highest BCUT2D eigenvalue weighted by Gasteiger charge is 2.40. The standard InChI is InChI=1S/C18H22BrN3O3/c1-18(2,3)9-15(23)21-6-7-22-14(10-21)16(24)20-13-5-4-11(19)8-12(13)17(22)25/h4-5,8,14H,6-7,9-10H2,1-3H3,(H,20,24). The van der Waals surface area contributed by atoms with E-state index in [0.29, 0.717) is 30.8 Å². The second-order valence-corrected chi connectivity index (χ2v) is 8.69. The molecule has 1 atom stereocenters. The van der Waals surface area contributed by atoms with Gasteiger partial charge >= 0.3 is 0 Å². The summed E-state index contributed by atoms with van der Waals surface area (Å²) in [6.45, 7) is 7.08. The summed E-state index contributed by atoms with van der Waals surface area (Å²) >= 11 is 3.37. The van der Waals surface area contributed by atoms with Gasteiger partial charge in [0, 0.05) is 24.0 Å². The van der Waals surface area contributed by atoms with Crippen LogP contribution in [0.1, 0.15) is 37.6 Å². The van der Waals surface area contributed by atoms with Crippen LogP contribution in [0.4, 0.5) is 5.69 Å². The van der Waals surface area contributed by atoms with Crippen LogP contribution < -0.4 is 5.32 Å². The number of carbonyl (C=O) groups excluding carboxylic acids is 3. The van der Waals surface area contributed by atoms with Gasteiger partial charge in [0.2, 0.25) is 11.8 Å². The number of nitrogens with one attached hydrogen (secondary N) is 1. The van der Waals surface area contributed by atoms with Crippen LogP contribution in [0, 0.1) is 5.41 Å². The van der Waals surface area contributed by atoms with E-state index in [4.69, 9.17) is 0 Å². The molecule has 25 heavy (non-hydrogen) atoms. The molecule has 2 aliphatic rings. The van der Waals surface area contributed by atoms with Gasteiger partial charge in [-0.3, -0.25) is 14.4 Å². The lowest BCUT2D eigenvalue weighted by atomic mass is 9.91. The Balaban J connectivity index is 1.84. The summed E-state index contributed by atoms with van der Waals surface area (Å²) in [5.74, 6) is -0.401. The van der Waals surface area contributed by atoms with Gasteiger partial charge in [0.15, 0.2) is 0 Å². The monoisotopic (exact) mass is 407 g/mol. The second-order valence-electron chi connectivity index (χ2n) is 7.77. The Kier molecular flexibility index (Phi) is 4.62. The summed E-state index contributed by atoms with van der Waals surface area (Å²) in [4.78, 5) is 41.3. The predicted molar refractivity (Wildman–Crippen MR) is 98.2 cm³/mol. The number of benzene rings is 1. The minimum Gasteiger partial charge on any atom is -0.338 e. The van der Waals surface area contributed by atoms with E-state index >= 15 is 0 Å². The molecule has 1 fully saturated rings. The number of halogens is 1. The highest BCUT2D eigenvalue weighted by atomic mass is 79.9. The molecule has 1 aromatic carbocycles. The summed E-state index contributed by atoms with van der Waals surface area (Å²) in [5, 5.41) is 2.83. The lowest BCUT2D eigenvalue weighted by Crippen LogP contribution is -2.59. The zero-order valence-electron chi connectivity index (χ0n) is 14.6. The van der Waals surface area contributed by atoms with E-state index < -0.39 is 6.04 Å². The normalized spacial score (nSPS) is 20.6. The number of amides is 3. The molecular formula is C18H22BrN3O3. The third-order valence-corrected chi connectivity index (χ3v) is 4.94. The fraction of sp³-hybridized carbons (Fsp3) is 0.500. The van der Waals surface area contributed by atoms with Crippen molar-refractivity contribution in [1.82, 2.24) is 9.80 Å². The SMILES string of the molecule is CC(C)(C)CC(=O)N1CCN2C(=O)c3cc(Br)ccc3NC(=O)C2C1. The number of carbonyl (C=O) groups is 3. The molecule has 0 radical (unpaired) electrons. The Hall–Kier alpha value is -1.89. The molecule has 0 aromatic heterocycles. The quantitative estimate of drug-likeness (QED) is 0.777. The first kappa shape index (κ1) is 17.9. The van der Waals surface area contributed by atoms with E-state index in [2.05, 4.69) is 21.2 Å². The molecule has 2 aliphatic heterocycles. The molecule has 0 bridgehead atoms. The van der Waals surface area contributed by atoms with Crippen molar-refractivity contribution in [2.45, 2.75) is 33.2 Å². The van der Waals surface area contributed by atoms with Gasteiger partial charge < -0.3 is 15.1 Å². The maximum absolute atomic E-state index is 12.9. The molecular weight excluding hydrogens is 386 g/mol. The zero-order valence-corrected chi connectivity index (χ0v) is 16.2. The van der Waals surface area contributed by atoms with Crippen LogP contribution >= 0.6 is 15.9 Å². The summed E-state index contributed by atoms with van der Waals surface area (Å²) in [7, 11) is 0. The van der Waals surface area contributed by atoms with Crippen LogP contribution in [-0.2, 0) is 9.59 Å². The molecule has 1 saturated heterocycles. The first-order valence-electron chi connectivity index (χ1n) is 8.35. The molecule has 3 rings (SSSR count). The van der Waals surface area contributed by atoms with Gasteiger partial charge in [-0.2, -0.15) is 0 Å². The molecule has 7 heteroatoms. The lowest BCUT2D eigenvalue weighted by molar-refractivity contribution is -0.137. The summed E-state index contributed by atoms with van der Waals surface area (Å²) in [6.07, 6.45) is 0.419. The van der Waals surface area contributed by atoms with Crippen molar-refractivity contribution >= 4 is 39.3 Å². The average molecular weight is 408 g/mol. The van der Waals surface area contributed by atoms with Crippen molar-refractivity contribution in [1.29, 1.82) is 0 Å². The zero-order chi connectivity index (χ0) is 18.4. The van der Waals surface area contributed by atoms with Crippen molar-refractivity contribution in [3.63, 3.8) is 0 Å². The Morgan fingerprint density at radius 1 is 1.28 bits per heavy atom. The maximum Gasteiger partial charge on any atom is 0.256 e. The van der Waals surface area contributed by atoms with Gasteiger partial charge in [0.25, 0.3) is 5.91 Å². The third-order valence-electron chi connectivity index (χ3n) is 4.45. The Morgan fingerprint density at radius 2 is 2.00 bits per heavy atom. The van der Waals surface area contributed by atoms with Crippen LogP contribution in [0.5, 0.6) is 0 Å². The number of hydrogen-bond donors (Lipinski definition) is 1. The van der Waals surface area contributed by atoms with Gasteiger partial charge in [-0.05, 0) is 23.6 Å². The number of piperazine rings is 1. The summed E-state index contributed by atoms with van der Waals surface area (Å²) in [6, 6.07) is 4.57. The molecule has 0 saturated carbocycles. The molecule has 0 spiro atoms. The number of anilines is 1. The van der Waals surface area contributed by atoms with Crippen molar-refractivity contribution in [2.75, 3.05) is 25.0 Å². The van der Waals surface area contributed by atoms with Crippen LogP contribution in [0.25, 0.3) is 0 Å². The van der Waals surface area contributed by atoms with Crippen LogP contribution in [0.2, 0.25) is 0 Å². The summed E-state index contributed by atoms with van der Waals surface area (Å²) in [5.41, 5.74) is 0.873. The molecule has 3 amide bonds. The number of fused-ring (bicyclic) bond motifs is 2. The molecule has 2 heterocycles. The van der Waals surface area contributed by atoms with E-state index in [9.17, 15) is 14.4 Å². The van der Waals surface area contributed by atoms with E-state index in [-0.39, 0.29) is 29.7 Å². The van der Waals surface area contributed by atoms with Gasteiger partial charge in [0.1, 0.15) is 6.04 Å².